The Morgan fingerprint density at radius 3 is 2.83 bits per heavy atom. The normalized spacial score (nSPS) is 19.0. The van der Waals surface area contributed by atoms with Crippen molar-refractivity contribution in [1.29, 1.82) is 0 Å². The molecule has 2 aromatic rings. The van der Waals surface area contributed by atoms with Crippen LogP contribution in [0.3, 0.4) is 0 Å². The largest absolute Gasteiger partial charge is 0.462 e. The molecule has 0 aliphatic carbocycles. The Hall–Kier alpha value is -2.17. The van der Waals surface area contributed by atoms with E-state index in [1.54, 1.807) is 6.92 Å². The molecule has 1 fully saturated rings. The van der Waals surface area contributed by atoms with Gasteiger partial charge < -0.3 is 24.7 Å². The second-order valence-corrected chi connectivity index (χ2v) is 8.11. The van der Waals surface area contributed by atoms with Gasteiger partial charge in [-0.1, -0.05) is 29.9 Å². The number of esters is 1. The molecule has 2 atom stereocenters. The Bertz CT molecular complexity index is 886. The van der Waals surface area contributed by atoms with Crippen LogP contribution >= 0.6 is 22.9 Å². The van der Waals surface area contributed by atoms with Crippen LogP contribution < -0.4 is 10.2 Å². The molecule has 0 spiro atoms. The van der Waals surface area contributed by atoms with Crippen LogP contribution in [0.4, 0.5) is 5.13 Å². The molecule has 0 aromatic carbocycles. The van der Waals surface area contributed by atoms with Crippen LogP contribution in [0.2, 0.25) is 5.15 Å². The van der Waals surface area contributed by atoms with Gasteiger partial charge in [0.15, 0.2) is 16.1 Å². The summed E-state index contributed by atoms with van der Waals surface area (Å²) in [5.74, 6) is -0.472. The number of anilines is 1. The summed E-state index contributed by atoms with van der Waals surface area (Å²) < 4.78 is 10.9. The first-order chi connectivity index (χ1) is 14.5. The minimum absolute atomic E-state index is 0.174. The second-order valence-electron chi connectivity index (χ2n) is 6.74. The fourth-order valence-electron chi connectivity index (χ4n) is 3.31. The Morgan fingerprint density at radius 1 is 1.37 bits per heavy atom. The molecule has 2 aromatic heterocycles. The van der Waals surface area contributed by atoms with Crippen LogP contribution in [0.25, 0.3) is 0 Å². The standard InChI is InChI=1S/C19H26ClN5O4S/c1-4-11-15(20)24-16(22-11)17(26)23-12-7-8-25(10-13(12)28-5-2)19-21-9-14(30-19)18(27)29-6-3/h9,12-13H,4-8,10H2,1-3H3,(H,22,24)(H,23,26)/t12-,13+/m1/s1. The predicted octanol–water partition coefficient (Wildman–Crippen LogP) is 2.67. The number of H-pyrrole nitrogens is 1. The average Bonchev–Trinajstić information content (AvgIpc) is 3.36. The smallest absolute Gasteiger partial charge is 0.350 e. The highest BCUT2D eigenvalue weighted by molar-refractivity contribution is 7.17. The molecule has 0 unspecified atom stereocenters. The van der Waals surface area contributed by atoms with Gasteiger partial charge in [-0.15, -0.1) is 0 Å². The molecule has 1 saturated heterocycles. The Kier molecular flexibility index (Phi) is 7.68. The van der Waals surface area contributed by atoms with Gasteiger partial charge in [0.1, 0.15) is 4.88 Å². The van der Waals surface area contributed by atoms with E-state index in [1.165, 1.54) is 17.5 Å². The predicted molar refractivity (Wildman–Crippen MR) is 115 cm³/mol. The van der Waals surface area contributed by atoms with Crippen molar-refractivity contribution in [3.05, 3.63) is 27.7 Å². The van der Waals surface area contributed by atoms with E-state index in [-0.39, 0.29) is 29.8 Å². The van der Waals surface area contributed by atoms with E-state index >= 15 is 0 Å². The number of rotatable bonds is 8. The molecule has 11 heteroatoms. The van der Waals surface area contributed by atoms with Crippen LogP contribution in [0.1, 0.15) is 53.2 Å². The maximum atomic E-state index is 12.6. The molecule has 2 N–H and O–H groups in total. The number of hydrogen-bond acceptors (Lipinski definition) is 8. The first-order valence-electron chi connectivity index (χ1n) is 10.0. The molecule has 164 valence electrons. The summed E-state index contributed by atoms with van der Waals surface area (Å²) >= 11 is 7.34. The topological polar surface area (TPSA) is 109 Å². The monoisotopic (exact) mass is 455 g/mol. The van der Waals surface area contributed by atoms with E-state index in [2.05, 4.69) is 25.2 Å². The number of hydrogen-bond donors (Lipinski definition) is 2. The first kappa shape index (κ1) is 22.5. The number of aromatic amines is 1. The van der Waals surface area contributed by atoms with Crippen molar-refractivity contribution in [2.75, 3.05) is 31.2 Å². The number of carbonyl (C=O) groups excluding carboxylic acids is 2. The molecule has 1 aliphatic rings. The summed E-state index contributed by atoms with van der Waals surface area (Å²) in [4.78, 5) is 38.5. The van der Waals surface area contributed by atoms with Crippen LogP contribution in [-0.2, 0) is 15.9 Å². The van der Waals surface area contributed by atoms with Crippen LogP contribution in [0.15, 0.2) is 6.20 Å². The summed E-state index contributed by atoms with van der Waals surface area (Å²) in [6.07, 6.45) is 2.65. The molecule has 0 radical (unpaired) electrons. The third-order valence-corrected chi connectivity index (χ3v) is 6.14. The Labute approximate surface area is 184 Å². The van der Waals surface area contributed by atoms with E-state index in [0.717, 1.165) is 10.8 Å². The number of nitrogens with zero attached hydrogens (tertiary/aromatic N) is 3. The van der Waals surface area contributed by atoms with Crippen LogP contribution in [0, 0.1) is 0 Å². The van der Waals surface area contributed by atoms with Gasteiger partial charge in [0, 0.05) is 19.7 Å². The Balaban J connectivity index is 1.66. The fourth-order valence-corrected chi connectivity index (χ4v) is 4.42. The summed E-state index contributed by atoms with van der Waals surface area (Å²) in [5, 5.41) is 4.07. The van der Waals surface area contributed by atoms with Gasteiger partial charge in [-0.3, -0.25) is 4.79 Å². The van der Waals surface area contributed by atoms with Gasteiger partial charge in [-0.25, -0.2) is 14.8 Å². The molecular formula is C19H26ClN5O4S. The zero-order chi connectivity index (χ0) is 21.7. The fraction of sp³-hybridized carbons (Fsp3) is 0.579. The molecule has 30 heavy (non-hydrogen) atoms. The van der Waals surface area contributed by atoms with Gasteiger partial charge >= 0.3 is 5.97 Å². The van der Waals surface area contributed by atoms with Crippen molar-refractivity contribution < 1.29 is 19.1 Å². The minimum Gasteiger partial charge on any atom is -0.462 e. The molecule has 3 rings (SSSR count). The van der Waals surface area contributed by atoms with Crippen LogP contribution in [-0.4, -0.2) is 65.3 Å². The first-order valence-corrected chi connectivity index (χ1v) is 11.2. The molecule has 9 nitrogen and oxygen atoms in total. The van der Waals surface area contributed by atoms with E-state index in [4.69, 9.17) is 21.1 Å². The van der Waals surface area contributed by atoms with Crippen molar-refractivity contribution in [3.63, 3.8) is 0 Å². The van der Waals surface area contributed by atoms with E-state index in [9.17, 15) is 9.59 Å². The number of halogens is 1. The van der Waals surface area contributed by atoms with E-state index in [0.29, 0.717) is 49.2 Å². The summed E-state index contributed by atoms with van der Waals surface area (Å²) in [5.41, 5.74) is 0.735. The summed E-state index contributed by atoms with van der Waals surface area (Å²) in [7, 11) is 0. The highest BCUT2D eigenvalue weighted by atomic mass is 35.5. The number of piperidine rings is 1. The van der Waals surface area contributed by atoms with E-state index < -0.39 is 0 Å². The summed E-state index contributed by atoms with van der Waals surface area (Å²) in [6.45, 7) is 7.68. The SMILES string of the molecule is CCOC(=O)c1cnc(N2CC[C@@H](NC(=O)c3nc(Cl)c(CC)[nH]3)[C@@H](OCC)C2)s1. The lowest BCUT2D eigenvalue weighted by Crippen LogP contribution is -2.55. The zero-order valence-corrected chi connectivity index (χ0v) is 18.8. The molecule has 1 aliphatic heterocycles. The van der Waals surface area contributed by atoms with Crippen molar-refractivity contribution in [2.24, 2.45) is 0 Å². The lowest BCUT2D eigenvalue weighted by Gasteiger charge is -2.38. The van der Waals surface area contributed by atoms with Crippen LogP contribution in [0.5, 0.6) is 0 Å². The van der Waals surface area contributed by atoms with Gasteiger partial charge in [0.2, 0.25) is 0 Å². The number of carbonyl (C=O) groups is 2. The maximum Gasteiger partial charge on any atom is 0.350 e. The minimum atomic E-state index is -0.367. The zero-order valence-electron chi connectivity index (χ0n) is 17.2. The number of imidazole rings is 1. The number of thiazole rings is 1. The highest BCUT2D eigenvalue weighted by Gasteiger charge is 2.33. The second kappa shape index (κ2) is 10.2. The number of ether oxygens (including phenoxy) is 2. The van der Waals surface area contributed by atoms with Gasteiger partial charge in [0.05, 0.1) is 30.6 Å². The highest BCUT2D eigenvalue weighted by Crippen LogP contribution is 2.27. The van der Waals surface area contributed by atoms with Gasteiger partial charge in [0.25, 0.3) is 5.91 Å². The summed E-state index contributed by atoms with van der Waals surface area (Å²) in [6, 6.07) is -0.174. The molecule has 1 amide bonds. The number of aromatic nitrogens is 3. The van der Waals surface area contributed by atoms with Crippen molar-refractivity contribution in [2.45, 2.75) is 45.8 Å². The number of nitrogens with one attached hydrogen (secondary N) is 2. The average molecular weight is 456 g/mol. The van der Waals surface area contributed by atoms with Crippen molar-refractivity contribution in [1.82, 2.24) is 20.3 Å². The number of aryl methyl sites for hydroxylation is 1. The quantitative estimate of drug-likeness (QED) is 0.589. The Morgan fingerprint density at radius 2 is 2.17 bits per heavy atom. The third-order valence-electron chi connectivity index (χ3n) is 4.79. The van der Waals surface area contributed by atoms with E-state index in [1.807, 2.05) is 13.8 Å². The van der Waals surface area contributed by atoms with Gasteiger partial charge in [-0.05, 0) is 26.7 Å². The van der Waals surface area contributed by atoms with Crippen molar-refractivity contribution >= 4 is 39.9 Å². The molecular weight excluding hydrogens is 430 g/mol. The van der Waals surface area contributed by atoms with Gasteiger partial charge in [-0.2, -0.15) is 0 Å². The molecule has 0 bridgehead atoms. The third kappa shape index (κ3) is 5.11. The lowest BCUT2D eigenvalue weighted by atomic mass is 10.0. The van der Waals surface area contributed by atoms with Crippen molar-refractivity contribution in [3.8, 4) is 0 Å². The molecule has 0 saturated carbocycles. The lowest BCUT2D eigenvalue weighted by molar-refractivity contribution is 0.0271. The molecule has 3 heterocycles. The maximum absolute atomic E-state index is 12.6. The number of amides is 1.